The number of carbonyl (C=O) groups is 1. The molecule has 1 aromatic heterocycles. The first kappa shape index (κ1) is 8.84. The van der Waals surface area contributed by atoms with Gasteiger partial charge in [-0.1, -0.05) is 12.1 Å². The zero-order chi connectivity index (χ0) is 11.0. The molecule has 0 radical (unpaired) electrons. The lowest BCUT2D eigenvalue weighted by Gasteiger charge is -2.04. The van der Waals surface area contributed by atoms with Crippen LogP contribution in [-0.2, 0) is 0 Å². The SMILES string of the molecule is O=C1Nc2ccccc2Oc2nnccc21. The quantitative estimate of drug-likeness (QED) is 0.725. The van der Waals surface area contributed by atoms with Crippen LogP contribution < -0.4 is 10.1 Å². The van der Waals surface area contributed by atoms with E-state index in [9.17, 15) is 4.79 Å². The van der Waals surface area contributed by atoms with E-state index in [-0.39, 0.29) is 11.8 Å². The number of hydrogen-bond acceptors (Lipinski definition) is 4. The molecule has 3 rings (SSSR count). The molecule has 0 saturated carbocycles. The molecule has 2 aromatic rings. The van der Waals surface area contributed by atoms with Gasteiger partial charge in [0.1, 0.15) is 5.56 Å². The minimum absolute atomic E-state index is 0.227. The number of rotatable bonds is 0. The molecule has 0 bridgehead atoms. The van der Waals surface area contributed by atoms with E-state index in [0.717, 1.165) is 0 Å². The highest BCUT2D eigenvalue weighted by molar-refractivity contribution is 6.07. The number of benzene rings is 1. The minimum Gasteiger partial charge on any atom is -0.435 e. The van der Waals surface area contributed by atoms with Gasteiger partial charge in [0.2, 0.25) is 0 Å². The summed E-state index contributed by atoms with van der Waals surface area (Å²) in [6.07, 6.45) is 1.46. The molecule has 0 fully saturated rings. The van der Waals surface area contributed by atoms with E-state index < -0.39 is 0 Å². The number of aromatic nitrogens is 2. The zero-order valence-electron chi connectivity index (χ0n) is 8.18. The topological polar surface area (TPSA) is 64.1 Å². The van der Waals surface area contributed by atoms with Crippen molar-refractivity contribution in [3.63, 3.8) is 0 Å². The Hall–Kier alpha value is -2.43. The molecule has 0 aliphatic carbocycles. The third kappa shape index (κ3) is 1.30. The highest BCUT2D eigenvalue weighted by Gasteiger charge is 2.21. The van der Waals surface area contributed by atoms with Gasteiger partial charge in [0, 0.05) is 0 Å². The van der Waals surface area contributed by atoms with Crippen LogP contribution >= 0.6 is 0 Å². The average molecular weight is 213 g/mol. The summed E-state index contributed by atoms with van der Waals surface area (Å²) in [4.78, 5) is 11.8. The van der Waals surface area contributed by atoms with Crippen LogP contribution in [0.3, 0.4) is 0 Å². The molecule has 1 N–H and O–H groups in total. The van der Waals surface area contributed by atoms with E-state index in [1.54, 1.807) is 18.2 Å². The smallest absolute Gasteiger partial charge is 0.261 e. The van der Waals surface area contributed by atoms with Crippen LogP contribution in [0.25, 0.3) is 0 Å². The maximum Gasteiger partial charge on any atom is 0.261 e. The average Bonchev–Trinajstić information content (AvgIpc) is 2.45. The monoisotopic (exact) mass is 213 g/mol. The molecule has 5 heteroatoms. The third-order valence-corrected chi connectivity index (χ3v) is 2.27. The van der Waals surface area contributed by atoms with E-state index in [1.807, 2.05) is 12.1 Å². The Morgan fingerprint density at radius 2 is 2.06 bits per heavy atom. The normalized spacial score (nSPS) is 12.9. The number of nitrogens with one attached hydrogen (secondary N) is 1. The van der Waals surface area contributed by atoms with E-state index in [2.05, 4.69) is 15.5 Å². The van der Waals surface area contributed by atoms with Gasteiger partial charge in [-0.2, -0.15) is 5.10 Å². The summed E-state index contributed by atoms with van der Waals surface area (Å²) in [6.45, 7) is 0. The highest BCUT2D eigenvalue weighted by Crippen LogP contribution is 2.33. The first-order valence-electron chi connectivity index (χ1n) is 4.74. The first-order valence-corrected chi connectivity index (χ1v) is 4.74. The Morgan fingerprint density at radius 3 is 3.00 bits per heavy atom. The first-order chi connectivity index (χ1) is 7.84. The molecule has 0 saturated heterocycles. The summed E-state index contributed by atoms with van der Waals surface area (Å²) in [5, 5.41) is 10.2. The Bertz CT molecular complexity index is 569. The second kappa shape index (κ2) is 3.30. The summed E-state index contributed by atoms with van der Waals surface area (Å²) in [7, 11) is 0. The number of carbonyl (C=O) groups excluding carboxylic acids is 1. The van der Waals surface area contributed by atoms with Crippen molar-refractivity contribution in [1.82, 2.24) is 10.2 Å². The van der Waals surface area contributed by atoms with Crippen molar-refractivity contribution in [2.24, 2.45) is 0 Å². The number of ether oxygens (including phenoxy) is 1. The second-order valence-electron chi connectivity index (χ2n) is 3.30. The lowest BCUT2D eigenvalue weighted by molar-refractivity contribution is 0.102. The molecule has 0 atom stereocenters. The number of hydrogen-bond donors (Lipinski definition) is 1. The summed E-state index contributed by atoms with van der Waals surface area (Å²) < 4.78 is 5.52. The molecule has 1 aromatic carbocycles. The summed E-state index contributed by atoms with van der Waals surface area (Å²) in [6, 6.07) is 8.76. The Balaban J connectivity index is 2.18. The van der Waals surface area contributed by atoms with Crippen LogP contribution in [0.15, 0.2) is 36.5 Å². The van der Waals surface area contributed by atoms with Crippen molar-refractivity contribution in [2.45, 2.75) is 0 Å². The maximum atomic E-state index is 11.8. The van der Waals surface area contributed by atoms with Gasteiger partial charge in [-0.05, 0) is 18.2 Å². The third-order valence-electron chi connectivity index (χ3n) is 2.27. The predicted octanol–water partition coefficient (Wildman–Crippen LogP) is 1.83. The van der Waals surface area contributed by atoms with Crippen LogP contribution in [0.5, 0.6) is 11.6 Å². The van der Waals surface area contributed by atoms with Gasteiger partial charge in [0.15, 0.2) is 5.75 Å². The van der Waals surface area contributed by atoms with Gasteiger partial charge >= 0.3 is 0 Å². The van der Waals surface area contributed by atoms with Crippen LogP contribution in [0.1, 0.15) is 10.4 Å². The van der Waals surface area contributed by atoms with Crippen molar-refractivity contribution < 1.29 is 9.53 Å². The van der Waals surface area contributed by atoms with Crippen LogP contribution in [-0.4, -0.2) is 16.1 Å². The number of para-hydroxylation sites is 2. The molecule has 0 unspecified atom stereocenters. The number of amides is 1. The van der Waals surface area contributed by atoms with Gasteiger partial charge in [-0.3, -0.25) is 4.79 Å². The lowest BCUT2D eigenvalue weighted by atomic mass is 10.2. The van der Waals surface area contributed by atoms with Gasteiger partial charge in [-0.15, -0.1) is 5.10 Å². The molecular weight excluding hydrogens is 206 g/mol. The Labute approximate surface area is 91.1 Å². The fraction of sp³-hybridized carbons (Fsp3) is 0. The second-order valence-corrected chi connectivity index (χ2v) is 3.30. The standard InChI is InChI=1S/C11H7N3O2/c15-10-7-5-6-12-14-11(7)16-9-4-2-1-3-8(9)13-10/h1-6H,(H,13,15). The molecule has 2 heterocycles. The molecule has 0 spiro atoms. The van der Waals surface area contributed by atoms with Gasteiger partial charge in [0.25, 0.3) is 11.8 Å². The van der Waals surface area contributed by atoms with Crippen molar-refractivity contribution in [1.29, 1.82) is 0 Å². The fourth-order valence-electron chi connectivity index (χ4n) is 1.52. The number of fused-ring (bicyclic) bond motifs is 2. The summed E-state index contributed by atoms with van der Waals surface area (Å²) >= 11 is 0. The highest BCUT2D eigenvalue weighted by atomic mass is 16.5. The van der Waals surface area contributed by atoms with Crippen molar-refractivity contribution in [3.05, 3.63) is 42.1 Å². The molecule has 1 amide bonds. The van der Waals surface area contributed by atoms with E-state index in [1.165, 1.54) is 6.20 Å². The van der Waals surface area contributed by atoms with Crippen LogP contribution in [0.2, 0.25) is 0 Å². The predicted molar refractivity (Wildman–Crippen MR) is 56.5 cm³/mol. The van der Waals surface area contributed by atoms with Gasteiger partial charge in [-0.25, -0.2) is 0 Å². The van der Waals surface area contributed by atoms with Gasteiger partial charge < -0.3 is 10.1 Å². The van der Waals surface area contributed by atoms with E-state index in [0.29, 0.717) is 17.0 Å². The minimum atomic E-state index is -0.241. The maximum absolute atomic E-state index is 11.8. The summed E-state index contributed by atoms with van der Waals surface area (Å²) in [5.74, 6) is 0.551. The lowest BCUT2D eigenvalue weighted by Crippen LogP contribution is -2.10. The van der Waals surface area contributed by atoms with Crippen molar-refractivity contribution in [3.8, 4) is 11.6 Å². The van der Waals surface area contributed by atoms with Crippen molar-refractivity contribution in [2.75, 3.05) is 5.32 Å². The molecule has 16 heavy (non-hydrogen) atoms. The largest absolute Gasteiger partial charge is 0.435 e. The molecular formula is C11H7N3O2. The molecule has 1 aliphatic rings. The number of anilines is 1. The molecule has 5 nitrogen and oxygen atoms in total. The Kier molecular flexibility index (Phi) is 1.83. The molecule has 1 aliphatic heterocycles. The summed E-state index contributed by atoms with van der Waals surface area (Å²) in [5.41, 5.74) is 1.01. The van der Waals surface area contributed by atoms with Crippen molar-refractivity contribution >= 4 is 11.6 Å². The van der Waals surface area contributed by atoms with E-state index in [4.69, 9.17) is 4.74 Å². The molecule has 78 valence electrons. The Morgan fingerprint density at radius 1 is 1.19 bits per heavy atom. The van der Waals surface area contributed by atoms with Crippen LogP contribution in [0, 0.1) is 0 Å². The zero-order valence-corrected chi connectivity index (χ0v) is 8.18. The van der Waals surface area contributed by atoms with Crippen LogP contribution in [0.4, 0.5) is 5.69 Å². The van der Waals surface area contributed by atoms with E-state index >= 15 is 0 Å². The fourth-order valence-corrected chi connectivity index (χ4v) is 1.52. The van der Waals surface area contributed by atoms with Gasteiger partial charge in [0.05, 0.1) is 11.9 Å². The number of nitrogens with zero attached hydrogens (tertiary/aromatic N) is 2.